The molecule has 0 saturated carbocycles. The van der Waals surface area contributed by atoms with Crippen LogP contribution in [0, 0.1) is 0 Å². The number of para-hydroxylation sites is 6. The lowest BCUT2D eigenvalue weighted by atomic mass is 10.1. The highest BCUT2D eigenvalue weighted by atomic mass is 15.2. The van der Waals surface area contributed by atoms with Crippen LogP contribution in [-0.2, 0) is 0 Å². The van der Waals surface area contributed by atoms with E-state index in [9.17, 15) is 0 Å². The van der Waals surface area contributed by atoms with Gasteiger partial charge in [0.1, 0.15) is 17.3 Å². The molecule has 0 fully saturated rings. The molecule has 0 N–H and O–H groups in total. The first-order chi connectivity index (χ1) is 26.8. The molecule has 0 aliphatic carbocycles. The van der Waals surface area contributed by atoms with Crippen molar-refractivity contribution in [2.75, 3.05) is 0 Å². The van der Waals surface area contributed by atoms with Crippen molar-refractivity contribution in [3.63, 3.8) is 0 Å². The number of aromatic nitrogens is 5. The Labute approximate surface area is 309 Å². The summed E-state index contributed by atoms with van der Waals surface area (Å²) in [6.07, 6.45) is 0. The number of fused-ring (bicyclic) bond motifs is 12. The summed E-state index contributed by atoms with van der Waals surface area (Å²) in [5.41, 5.74) is 10.3. The Morgan fingerprint density at radius 3 is 1.37 bits per heavy atom. The minimum absolute atomic E-state index is 0.865. The van der Waals surface area contributed by atoms with E-state index in [1.54, 1.807) is 0 Å². The van der Waals surface area contributed by atoms with Gasteiger partial charge in [-0.25, -0.2) is 4.98 Å². The highest BCUT2D eigenvalue weighted by molar-refractivity contribution is 6.26. The minimum Gasteiger partial charge on any atom is -0.309 e. The van der Waals surface area contributed by atoms with E-state index in [4.69, 9.17) is 4.98 Å². The Balaban J connectivity index is 1.19. The van der Waals surface area contributed by atoms with Crippen LogP contribution in [0.3, 0.4) is 0 Å². The molecule has 5 nitrogen and oxygen atoms in total. The lowest BCUT2D eigenvalue weighted by molar-refractivity contribution is 0.987. The van der Waals surface area contributed by atoms with Crippen molar-refractivity contribution < 1.29 is 0 Å². The van der Waals surface area contributed by atoms with Gasteiger partial charge in [-0.05, 0) is 66.7 Å². The molecule has 0 unspecified atom stereocenters. The Kier molecular flexibility index (Phi) is 5.99. The van der Waals surface area contributed by atoms with Crippen LogP contribution in [0.4, 0.5) is 0 Å². The predicted octanol–water partition coefficient (Wildman–Crippen LogP) is 12.3. The van der Waals surface area contributed by atoms with Gasteiger partial charge in [0.25, 0.3) is 0 Å². The van der Waals surface area contributed by atoms with Gasteiger partial charge in [-0.1, -0.05) is 121 Å². The Morgan fingerprint density at radius 1 is 0.278 bits per heavy atom. The number of benzene rings is 7. The SMILES string of the molecule is c1ccc(-n2c3ccccc3c3ccc4c(c5ccccc5n4-c4cccc(-n5c6ccccc6c6c7ccccc7n(-c7ccccc7)c65)n4)c32)cc1. The number of hydrogen-bond donors (Lipinski definition) is 0. The first kappa shape index (κ1) is 29.2. The fourth-order valence-corrected chi connectivity index (χ4v) is 9.03. The van der Waals surface area contributed by atoms with E-state index in [0.717, 1.165) is 45.2 Å². The third kappa shape index (κ3) is 3.90. The van der Waals surface area contributed by atoms with Gasteiger partial charge in [-0.3, -0.25) is 13.7 Å². The number of hydrogen-bond acceptors (Lipinski definition) is 1. The predicted molar refractivity (Wildman–Crippen MR) is 224 cm³/mol. The molecule has 5 heteroatoms. The van der Waals surface area contributed by atoms with Gasteiger partial charge in [0.05, 0.1) is 33.1 Å². The fraction of sp³-hybridized carbons (Fsp3) is 0. The zero-order chi connectivity index (χ0) is 35.3. The van der Waals surface area contributed by atoms with Crippen molar-refractivity contribution >= 4 is 76.5 Å². The maximum absolute atomic E-state index is 5.57. The molecule has 7 aromatic carbocycles. The Hall–Kier alpha value is -7.37. The molecule has 5 heterocycles. The molecule has 0 atom stereocenters. The van der Waals surface area contributed by atoms with E-state index in [0.29, 0.717) is 0 Å². The second kappa shape index (κ2) is 11.1. The molecule has 252 valence electrons. The molecule has 0 spiro atoms. The van der Waals surface area contributed by atoms with Crippen molar-refractivity contribution in [3.8, 4) is 23.0 Å². The first-order valence-electron chi connectivity index (χ1n) is 18.4. The average Bonchev–Trinajstić information content (AvgIpc) is 3.96. The summed E-state index contributed by atoms with van der Waals surface area (Å²) in [5.74, 6) is 1.73. The van der Waals surface area contributed by atoms with Gasteiger partial charge >= 0.3 is 0 Å². The van der Waals surface area contributed by atoms with Gasteiger partial charge in [0, 0.05) is 49.1 Å². The van der Waals surface area contributed by atoms with Crippen molar-refractivity contribution in [1.29, 1.82) is 0 Å². The summed E-state index contributed by atoms with van der Waals surface area (Å²) in [4.78, 5) is 5.57. The van der Waals surface area contributed by atoms with Crippen LogP contribution in [-0.4, -0.2) is 23.3 Å². The third-order valence-corrected chi connectivity index (χ3v) is 11.2. The maximum atomic E-state index is 5.57. The highest BCUT2D eigenvalue weighted by Crippen LogP contribution is 2.43. The molecule has 0 aliphatic rings. The van der Waals surface area contributed by atoms with Crippen LogP contribution in [0.1, 0.15) is 0 Å². The monoisotopic (exact) mass is 689 g/mol. The number of pyridine rings is 1. The summed E-state index contributed by atoms with van der Waals surface area (Å²) in [6.45, 7) is 0. The van der Waals surface area contributed by atoms with Crippen molar-refractivity contribution in [3.05, 3.63) is 188 Å². The molecule has 0 amide bonds. The molecule has 0 saturated heterocycles. The van der Waals surface area contributed by atoms with E-state index in [-0.39, 0.29) is 0 Å². The Morgan fingerprint density at radius 2 is 0.741 bits per heavy atom. The highest BCUT2D eigenvalue weighted by Gasteiger charge is 2.24. The molecule has 5 aromatic heterocycles. The molecular weight excluding hydrogens is 659 g/mol. The molecule has 0 aliphatic heterocycles. The lowest BCUT2D eigenvalue weighted by Gasteiger charge is -2.14. The summed E-state index contributed by atoms with van der Waals surface area (Å²) in [7, 11) is 0. The van der Waals surface area contributed by atoms with Gasteiger partial charge in [-0.2, -0.15) is 0 Å². The zero-order valence-electron chi connectivity index (χ0n) is 29.1. The van der Waals surface area contributed by atoms with Crippen LogP contribution >= 0.6 is 0 Å². The molecule has 12 rings (SSSR count). The van der Waals surface area contributed by atoms with Crippen molar-refractivity contribution in [2.45, 2.75) is 0 Å². The van der Waals surface area contributed by atoms with E-state index in [1.165, 1.54) is 54.3 Å². The van der Waals surface area contributed by atoms with Crippen LogP contribution in [0.15, 0.2) is 188 Å². The van der Waals surface area contributed by atoms with Crippen LogP contribution in [0.25, 0.3) is 99.5 Å². The van der Waals surface area contributed by atoms with Crippen molar-refractivity contribution in [2.24, 2.45) is 0 Å². The topological polar surface area (TPSA) is 32.6 Å². The van der Waals surface area contributed by atoms with Crippen LogP contribution < -0.4 is 0 Å². The third-order valence-electron chi connectivity index (χ3n) is 11.2. The van der Waals surface area contributed by atoms with E-state index in [1.807, 2.05) is 0 Å². The van der Waals surface area contributed by atoms with E-state index in [2.05, 4.69) is 206 Å². The average molecular weight is 690 g/mol. The maximum Gasteiger partial charge on any atom is 0.141 e. The molecular formula is C49H31N5. The van der Waals surface area contributed by atoms with Crippen LogP contribution in [0.2, 0.25) is 0 Å². The number of nitrogens with zero attached hydrogens (tertiary/aromatic N) is 5. The Bertz CT molecular complexity index is 3430. The second-order valence-electron chi connectivity index (χ2n) is 14.0. The molecule has 12 aromatic rings. The fourth-order valence-electron chi connectivity index (χ4n) is 9.03. The van der Waals surface area contributed by atoms with Crippen LogP contribution in [0.5, 0.6) is 0 Å². The summed E-state index contributed by atoms with van der Waals surface area (Å²) in [5, 5.41) is 8.55. The minimum atomic E-state index is 0.865. The summed E-state index contributed by atoms with van der Waals surface area (Å²) < 4.78 is 9.51. The second-order valence-corrected chi connectivity index (χ2v) is 14.0. The first-order valence-corrected chi connectivity index (χ1v) is 18.4. The normalized spacial score (nSPS) is 12.1. The summed E-state index contributed by atoms with van der Waals surface area (Å²) in [6, 6.07) is 67.3. The smallest absolute Gasteiger partial charge is 0.141 e. The van der Waals surface area contributed by atoms with Gasteiger partial charge in [0.15, 0.2) is 0 Å². The molecule has 0 radical (unpaired) electrons. The van der Waals surface area contributed by atoms with Crippen molar-refractivity contribution in [1.82, 2.24) is 23.3 Å². The molecule has 0 bridgehead atoms. The zero-order valence-corrected chi connectivity index (χ0v) is 29.1. The van der Waals surface area contributed by atoms with Gasteiger partial charge in [0.2, 0.25) is 0 Å². The van der Waals surface area contributed by atoms with Gasteiger partial charge in [-0.15, -0.1) is 0 Å². The van der Waals surface area contributed by atoms with Gasteiger partial charge < -0.3 is 4.57 Å². The number of rotatable bonds is 4. The lowest BCUT2D eigenvalue weighted by Crippen LogP contribution is -2.05. The molecule has 54 heavy (non-hydrogen) atoms. The summed E-state index contributed by atoms with van der Waals surface area (Å²) >= 11 is 0. The largest absolute Gasteiger partial charge is 0.309 e. The standard InChI is InChI=1S/C49H31N5/c1-3-16-32(17-4-1)51-39-24-11-7-20-34(39)35-30-31-43-47(48(35)51)38-23-10-13-26-41(38)53(43)44-28-15-29-45(50-44)54-42-27-14-9-22-37(42)46-36-21-8-12-25-40(36)52(49(46)54)33-18-5-2-6-19-33/h1-31H. The van der Waals surface area contributed by atoms with E-state index >= 15 is 0 Å². The van der Waals surface area contributed by atoms with E-state index < -0.39 is 0 Å². The quantitative estimate of drug-likeness (QED) is 0.181.